The Balaban J connectivity index is 2.54. The van der Waals surface area contributed by atoms with Crippen LogP contribution in [0.5, 0.6) is 0 Å². The number of aliphatic hydroxyl groups is 1. The standard InChI is InChI=1S/C12H11ClN2O5/c1-20-10(16)12(19)5-6-4-7(13)2-3-8(6)9(12)14-15-11(17)18/h2-4,15,19H,5H2,1H3,(H,17,18)/b14-9-. The Bertz CT molecular complexity index is 616. The van der Waals surface area contributed by atoms with E-state index in [1.807, 2.05) is 0 Å². The first kappa shape index (κ1) is 14.3. The molecule has 8 heteroatoms. The molecule has 1 atom stereocenters. The van der Waals surface area contributed by atoms with Gasteiger partial charge in [0, 0.05) is 17.0 Å². The number of carbonyl (C=O) groups is 2. The van der Waals surface area contributed by atoms with Gasteiger partial charge in [-0.2, -0.15) is 5.10 Å². The van der Waals surface area contributed by atoms with Crippen LogP contribution in [0.4, 0.5) is 4.79 Å². The SMILES string of the molecule is COC(=O)C1(O)Cc2cc(Cl)ccc2/C1=N/NC(=O)O. The predicted molar refractivity (Wildman–Crippen MR) is 69.8 cm³/mol. The van der Waals surface area contributed by atoms with E-state index in [2.05, 4.69) is 9.84 Å². The van der Waals surface area contributed by atoms with Crippen molar-refractivity contribution in [2.24, 2.45) is 5.10 Å². The number of nitrogens with zero attached hydrogens (tertiary/aromatic N) is 1. The Kier molecular flexibility index (Phi) is 3.65. The number of benzene rings is 1. The fourth-order valence-corrected chi connectivity index (χ4v) is 2.31. The Morgan fingerprint density at radius 2 is 2.20 bits per heavy atom. The van der Waals surface area contributed by atoms with Crippen LogP contribution in [-0.2, 0) is 16.0 Å². The maximum absolute atomic E-state index is 11.8. The lowest BCUT2D eigenvalue weighted by molar-refractivity contribution is -0.154. The van der Waals surface area contributed by atoms with Gasteiger partial charge in [0.2, 0.25) is 5.60 Å². The number of fused-ring (bicyclic) bond motifs is 1. The summed E-state index contributed by atoms with van der Waals surface area (Å²) in [5, 5.41) is 23.1. The maximum atomic E-state index is 11.8. The molecule has 1 aromatic rings. The fraction of sp³-hybridized carbons (Fsp3) is 0.250. The first-order valence-electron chi connectivity index (χ1n) is 5.55. The molecular formula is C12H11ClN2O5. The van der Waals surface area contributed by atoms with E-state index in [9.17, 15) is 14.7 Å². The Labute approximate surface area is 118 Å². The highest BCUT2D eigenvalue weighted by Crippen LogP contribution is 2.33. The third kappa shape index (κ3) is 2.33. The van der Waals surface area contributed by atoms with Gasteiger partial charge in [-0.3, -0.25) is 0 Å². The van der Waals surface area contributed by atoms with Crippen LogP contribution in [0.3, 0.4) is 0 Å². The number of methoxy groups -OCH3 is 1. The Morgan fingerprint density at radius 1 is 1.50 bits per heavy atom. The van der Waals surface area contributed by atoms with E-state index < -0.39 is 17.7 Å². The van der Waals surface area contributed by atoms with Gasteiger partial charge in [0.15, 0.2) is 0 Å². The summed E-state index contributed by atoms with van der Waals surface area (Å²) >= 11 is 5.86. The van der Waals surface area contributed by atoms with Gasteiger partial charge in [-0.25, -0.2) is 15.0 Å². The average Bonchev–Trinajstić information content (AvgIpc) is 2.67. The fourth-order valence-electron chi connectivity index (χ4n) is 2.12. The number of hydrazone groups is 1. The van der Waals surface area contributed by atoms with Crippen molar-refractivity contribution in [3.8, 4) is 0 Å². The minimum atomic E-state index is -2.04. The number of amides is 1. The van der Waals surface area contributed by atoms with Gasteiger partial charge in [0.1, 0.15) is 5.71 Å². The number of carboxylic acid groups (broad SMARTS) is 1. The molecule has 1 aromatic carbocycles. The third-order valence-corrected chi connectivity index (χ3v) is 3.18. The largest absolute Gasteiger partial charge is 0.467 e. The number of nitrogens with one attached hydrogen (secondary N) is 1. The van der Waals surface area contributed by atoms with Crippen LogP contribution < -0.4 is 5.43 Å². The van der Waals surface area contributed by atoms with E-state index in [1.165, 1.54) is 0 Å². The van der Waals surface area contributed by atoms with E-state index in [1.54, 1.807) is 23.6 Å². The van der Waals surface area contributed by atoms with Crippen molar-refractivity contribution in [1.29, 1.82) is 0 Å². The number of rotatable bonds is 2. The summed E-state index contributed by atoms with van der Waals surface area (Å²) in [6.07, 6.45) is -1.50. The molecule has 0 heterocycles. The summed E-state index contributed by atoms with van der Waals surface area (Å²) in [7, 11) is 1.12. The molecule has 1 amide bonds. The van der Waals surface area contributed by atoms with E-state index in [4.69, 9.17) is 16.7 Å². The van der Waals surface area contributed by atoms with E-state index in [0.717, 1.165) is 7.11 Å². The summed E-state index contributed by atoms with van der Waals surface area (Å²) in [5.41, 5.74) is 0.652. The predicted octanol–water partition coefficient (Wildman–Crippen LogP) is 0.772. The van der Waals surface area contributed by atoms with Crippen molar-refractivity contribution in [2.45, 2.75) is 12.0 Å². The normalized spacial score (nSPS) is 22.4. The summed E-state index contributed by atoms with van der Waals surface area (Å²) in [4.78, 5) is 22.3. The lowest BCUT2D eigenvalue weighted by Gasteiger charge is -2.19. The quantitative estimate of drug-likeness (QED) is 0.552. The maximum Gasteiger partial charge on any atom is 0.425 e. The molecule has 0 saturated carbocycles. The molecule has 3 N–H and O–H groups in total. The Hall–Kier alpha value is -2.12. The van der Waals surface area contributed by atoms with Crippen LogP contribution in [0.1, 0.15) is 11.1 Å². The monoisotopic (exact) mass is 298 g/mol. The highest BCUT2D eigenvalue weighted by Gasteiger charge is 2.49. The molecule has 106 valence electrons. The van der Waals surface area contributed by atoms with Crippen LogP contribution >= 0.6 is 11.6 Å². The second-order valence-corrected chi connectivity index (χ2v) is 4.64. The summed E-state index contributed by atoms with van der Waals surface area (Å²) < 4.78 is 4.56. The molecule has 1 aliphatic carbocycles. The lowest BCUT2D eigenvalue weighted by atomic mass is 9.99. The van der Waals surface area contributed by atoms with Crippen molar-refractivity contribution in [1.82, 2.24) is 5.43 Å². The second kappa shape index (κ2) is 5.10. The highest BCUT2D eigenvalue weighted by molar-refractivity contribution is 6.31. The topological polar surface area (TPSA) is 108 Å². The number of carbonyl (C=O) groups excluding carboxylic acids is 1. The molecule has 0 fully saturated rings. The van der Waals surface area contributed by atoms with Crippen molar-refractivity contribution in [3.63, 3.8) is 0 Å². The van der Waals surface area contributed by atoms with Crippen LogP contribution in [0.2, 0.25) is 5.02 Å². The number of hydrogen-bond donors (Lipinski definition) is 3. The van der Waals surface area contributed by atoms with Crippen LogP contribution in [0.25, 0.3) is 0 Å². The van der Waals surface area contributed by atoms with Crippen molar-refractivity contribution >= 4 is 29.4 Å². The van der Waals surface area contributed by atoms with Gasteiger partial charge >= 0.3 is 12.1 Å². The molecule has 0 aliphatic heterocycles. The highest BCUT2D eigenvalue weighted by atomic mass is 35.5. The molecule has 1 aliphatic rings. The van der Waals surface area contributed by atoms with Gasteiger partial charge in [0.25, 0.3) is 0 Å². The number of esters is 1. The molecule has 20 heavy (non-hydrogen) atoms. The minimum Gasteiger partial charge on any atom is -0.467 e. The zero-order valence-electron chi connectivity index (χ0n) is 10.4. The third-order valence-electron chi connectivity index (χ3n) is 2.95. The summed E-state index contributed by atoms with van der Waals surface area (Å²) in [6.45, 7) is 0. The molecule has 0 saturated heterocycles. The van der Waals surface area contributed by atoms with E-state index in [-0.39, 0.29) is 12.1 Å². The van der Waals surface area contributed by atoms with Gasteiger partial charge in [-0.05, 0) is 17.7 Å². The Morgan fingerprint density at radius 3 is 2.80 bits per heavy atom. The van der Waals surface area contributed by atoms with Gasteiger partial charge < -0.3 is 14.9 Å². The van der Waals surface area contributed by atoms with Crippen molar-refractivity contribution in [2.75, 3.05) is 7.11 Å². The van der Waals surface area contributed by atoms with Crippen molar-refractivity contribution in [3.05, 3.63) is 34.3 Å². The molecule has 2 rings (SSSR count). The second-order valence-electron chi connectivity index (χ2n) is 4.21. The molecular weight excluding hydrogens is 288 g/mol. The van der Waals surface area contributed by atoms with E-state index >= 15 is 0 Å². The first-order chi connectivity index (χ1) is 9.38. The van der Waals surface area contributed by atoms with Crippen LogP contribution in [-0.4, -0.2) is 40.7 Å². The molecule has 0 spiro atoms. The smallest absolute Gasteiger partial charge is 0.425 e. The number of halogens is 1. The van der Waals surface area contributed by atoms with Gasteiger partial charge in [0.05, 0.1) is 7.11 Å². The van der Waals surface area contributed by atoms with Crippen molar-refractivity contribution < 1.29 is 24.5 Å². The minimum absolute atomic E-state index is 0.0876. The zero-order valence-corrected chi connectivity index (χ0v) is 11.1. The number of hydrogen-bond acceptors (Lipinski definition) is 5. The molecule has 0 radical (unpaired) electrons. The lowest BCUT2D eigenvalue weighted by Crippen LogP contribution is -2.46. The first-order valence-corrected chi connectivity index (χ1v) is 5.93. The zero-order chi connectivity index (χ0) is 14.9. The molecule has 0 aromatic heterocycles. The van der Waals surface area contributed by atoms with Crippen LogP contribution in [0.15, 0.2) is 23.3 Å². The molecule has 1 unspecified atom stereocenters. The average molecular weight is 299 g/mol. The number of ether oxygens (including phenoxy) is 1. The van der Waals surface area contributed by atoms with E-state index in [0.29, 0.717) is 16.1 Å². The van der Waals surface area contributed by atoms with Crippen LogP contribution in [0, 0.1) is 0 Å². The van der Waals surface area contributed by atoms with Gasteiger partial charge in [-0.15, -0.1) is 0 Å². The summed E-state index contributed by atoms with van der Waals surface area (Å²) in [6, 6.07) is 4.69. The van der Waals surface area contributed by atoms with Gasteiger partial charge in [-0.1, -0.05) is 17.7 Å². The molecule has 0 bridgehead atoms. The summed E-state index contributed by atoms with van der Waals surface area (Å²) in [5.74, 6) is -0.921. The molecule has 7 nitrogen and oxygen atoms in total.